The zero-order chi connectivity index (χ0) is 29.3. The van der Waals surface area contributed by atoms with Gasteiger partial charge in [0.15, 0.2) is 11.9 Å². The number of carbonyl (C=O) groups is 1. The molecule has 5 rings (SSSR count). The van der Waals surface area contributed by atoms with Crippen molar-refractivity contribution in [3.8, 4) is 23.1 Å². The number of fused-ring (bicyclic) bond motifs is 2. The molecular weight excluding hydrogens is 556 g/mol. The van der Waals surface area contributed by atoms with Crippen LogP contribution in [0.15, 0.2) is 75.0 Å². The van der Waals surface area contributed by atoms with Crippen LogP contribution in [0, 0.1) is 10.1 Å². The maximum atomic E-state index is 13.5. The number of nitrogens with zero attached hydrogens (tertiary/aromatic N) is 4. The fourth-order valence-electron chi connectivity index (χ4n) is 4.15. The van der Waals surface area contributed by atoms with E-state index >= 15 is 0 Å². The summed E-state index contributed by atoms with van der Waals surface area (Å²) >= 11 is 6.31. The molecule has 208 valence electrons. The van der Waals surface area contributed by atoms with Gasteiger partial charge in [-0.1, -0.05) is 29.8 Å². The highest BCUT2D eigenvalue weighted by molar-refractivity contribution is 6.32. The van der Waals surface area contributed by atoms with E-state index in [1.807, 2.05) is 0 Å². The van der Waals surface area contributed by atoms with Gasteiger partial charge < -0.3 is 18.6 Å². The number of hydrogen-bond donors (Lipinski definition) is 0. The van der Waals surface area contributed by atoms with E-state index in [0.29, 0.717) is 27.6 Å². The molecule has 0 radical (unpaired) electrons. The molecule has 13 heteroatoms. The summed E-state index contributed by atoms with van der Waals surface area (Å²) in [6.07, 6.45) is 0.0692. The van der Waals surface area contributed by atoms with Crippen LogP contribution in [0.4, 0.5) is 5.69 Å². The SMILES string of the molecule is COC(=O)[C@@H](C)Oc1c(Cl)cc(C=Nn2c(-c3cc4c(OC)cccc4o3)nc3ccccc3c2=O)cc1[N+](=O)[O-]. The summed E-state index contributed by atoms with van der Waals surface area (Å²) in [4.78, 5) is 41.0. The molecule has 0 aliphatic carbocycles. The molecule has 0 aliphatic heterocycles. The zero-order valence-corrected chi connectivity index (χ0v) is 22.6. The number of rotatable bonds is 8. The molecule has 0 fully saturated rings. The summed E-state index contributed by atoms with van der Waals surface area (Å²) in [5, 5.41) is 17.0. The first-order valence-corrected chi connectivity index (χ1v) is 12.4. The van der Waals surface area contributed by atoms with Crippen LogP contribution >= 0.6 is 11.6 Å². The number of nitro groups is 1. The number of methoxy groups -OCH3 is 2. The van der Waals surface area contributed by atoms with E-state index < -0.39 is 28.2 Å². The molecule has 12 nitrogen and oxygen atoms in total. The summed E-state index contributed by atoms with van der Waals surface area (Å²) in [6.45, 7) is 1.37. The van der Waals surface area contributed by atoms with Gasteiger partial charge in [0.2, 0.25) is 11.6 Å². The summed E-state index contributed by atoms with van der Waals surface area (Å²) in [5.41, 5.74) is 0.102. The minimum atomic E-state index is -1.15. The Morgan fingerprint density at radius 2 is 1.93 bits per heavy atom. The standard InChI is InChI=1S/C28H21ClN4O8/c1-15(28(35)39-3)40-25-19(29)11-16(12-21(25)33(36)37)14-30-32-26(31-20-8-5-4-7-17(20)27(32)34)24-13-18-22(38-2)9-6-10-23(18)41-24/h4-15H,1-3H3/t15-/m1/s1. The highest BCUT2D eigenvalue weighted by Gasteiger charge is 2.25. The summed E-state index contributed by atoms with van der Waals surface area (Å²) in [6, 6.07) is 16.2. The van der Waals surface area contributed by atoms with E-state index in [-0.39, 0.29) is 27.9 Å². The molecule has 5 aromatic rings. The topological polar surface area (TPSA) is 148 Å². The predicted molar refractivity (Wildman–Crippen MR) is 151 cm³/mol. The first-order chi connectivity index (χ1) is 19.7. The monoisotopic (exact) mass is 576 g/mol. The van der Waals surface area contributed by atoms with E-state index in [1.165, 1.54) is 26.3 Å². The van der Waals surface area contributed by atoms with Crippen LogP contribution in [-0.4, -0.2) is 47.1 Å². The summed E-state index contributed by atoms with van der Waals surface area (Å²) < 4.78 is 22.5. The van der Waals surface area contributed by atoms with Gasteiger partial charge in [0.25, 0.3) is 5.56 Å². The molecule has 1 atom stereocenters. The molecule has 0 amide bonds. The van der Waals surface area contributed by atoms with Crippen molar-refractivity contribution in [2.24, 2.45) is 5.10 Å². The molecule has 0 unspecified atom stereocenters. The lowest BCUT2D eigenvalue weighted by atomic mass is 10.2. The average molecular weight is 577 g/mol. The largest absolute Gasteiger partial charge is 0.496 e. The number of ether oxygens (including phenoxy) is 3. The molecule has 0 spiro atoms. The minimum absolute atomic E-state index is 0.0932. The average Bonchev–Trinajstić information content (AvgIpc) is 3.41. The predicted octanol–water partition coefficient (Wildman–Crippen LogP) is 5.20. The number of aromatic nitrogens is 2. The first-order valence-electron chi connectivity index (χ1n) is 12.1. The minimum Gasteiger partial charge on any atom is -0.496 e. The van der Waals surface area contributed by atoms with Crippen LogP contribution in [0.2, 0.25) is 5.02 Å². The van der Waals surface area contributed by atoms with Gasteiger partial charge in [-0.15, -0.1) is 0 Å². The maximum absolute atomic E-state index is 13.5. The van der Waals surface area contributed by atoms with Crippen molar-refractivity contribution in [3.63, 3.8) is 0 Å². The fraction of sp³-hybridized carbons (Fsp3) is 0.143. The van der Waals surface area contributed by atoms with E-state index in [4.69, 9.17) is 25.5 Å². The molecule has 0 bridgehead atoms. The fourth-order valence-corrected chi connectivity index (χ4v) is 4.42. The lowest BCUT2D eigenvalue weighted by Crippen LogP contribution is -2.25. The summed E-state index contributed by atoms with van der Waals surface area (Å²) in [7, 11) is 2.70. The Kier molecular flexibility index (Phi) is 7.40. The molecule has 0 aliphatic rings. The van der Waals surface area contributed by atoms with Crippen molar-refractivity contribution in [2.75, 3.05) is 14.2 Å². The maximum Gasteiger partial charge on any atom is 0.346 e. The van der Waals surface area contributed by atoms with E-state index in [1.54, 1.807) is 48.5 Å². The Bertz CT molecular complexity index is 1910. The number of esters is 1. The van der Waals surface area contributed by atoms with Crippen LogP contribution in [-0.2, 0) is 9.53 Å². The van der Waals surface area contributed by atoms with Crippen LogP contribution < -0.4 is 15.0 Å². The Morgan fingerprint density at radius 1 is 1.15 bits per heavy atom. The van der Waals surface area contributed by atoms with Gasteiger partial charge in [-0.25, -0.2) is 9.78 Å². The van der Waals surface area contributed by atoms with Crippen molar-refractivity contribution >= 4 is 51.3 Å². The number of hydrogen-bond acceptors (Lipinski definition) is 10. The van der Waals surface area contributed by atoms with E-state index in [2.05, 4.69) is 14.8 Å². The van der Waals surface area contributed by atoms with Crippen LogP contribution in [0.3, 0.4) is 0 Å². The van der Waals surface area contributed by atoms with Gasteiger partial charge in [0.1, 0.15) is 11.3 Å². The number of benzene rings is 3. The summed E-state index contributed by atoms with van der Waals surface area (Å²) in [5.74, 6) is -0.140. The molecule has 0 saturated heterocycles. The van der Waals surface area contributed by atoms with Crippen molar-refractivity contribution in [1.82, 2.24) is 9.66 Å². The smallest absolute Gasteiger partial charge is 0.346 e. The third kappa shape index (κ3) is 5.20. The molecule has 41 heavy (non-hydrogen) atoms. The van der Waals surface area contributed by atoms with Gasteiger partial charge in [-0.2, -0.15) is 9.78 Å². The lowest BCUT2D eigenvalue weighted by molar-refractivity contribution is -0.386. The number of para-hydroxylation sites is 1. The van der Waals surface area contributed by atoms with Gasteiger partial charge in [0, 0.05) is 11.6 Å². The third-order valence-corrected chi connectivity index (χ3v) is 6.39. The first kappa shape index (κ1) is 27.3. The van der Waals surface area contributed by atoms with Crippen molar-refractivity contribution in [3.05, 3.63) is 91.7 Å². The molecule has 0 N–H and O–H groups in total. The highest BCUT2D eigenvalue weighted by atomic mass is 35.5. The van der Waals surface area contributed by atoms with Gasteiger partial charge in [-0.05, 0) is 43.3 Å². The van der Waals surface area contributed by atoms with Gasteiger partial charge >= 0.3 is 11.7 Å². The molecule has 2 aromatic heterocycles. The second kappa shape index (κ2) is 11.1. The van der Waals surface area contributed by atoms with Crippen LogP contribution in [0.25, 0.3) is 33.5 Å². The zero-order valence-electron chi connectivity index (χ0n) is 21.9. The third-order valence-electron chi connectivity index (χ3n) is 6.11. The van der Waals surface area contributed by atoms with Crippen molar-refractivity contribution < 1.29 is 28.3 Å². The van der Waals surface area contributed by atoms with E-state index in [9.17, 15) is 19.7 Å². The van der Waals surface area contributed by atoms with Crippen molar-refractivity contribution in [2.45, 2.75) is 13.0 Å². The molecular formula is C28H21ClN4O8. The number of halogens is 1. The quantitative estimate of drug-likeness (QED) is 0.105. The Hall–Kier alpha value is -5.23. The Labute approximate surface area is 236 Å². The van der Waals surface area contributed by atoms with Gasteiger partial charge in [-0.3, -0.25) is 14.9 Å². The molecule has 3 aromatic carbocycles. The Balaban J connectivity index is 1.64. The number of carbonyl (C=O) groups excluding carboxylic acids is 1. The second-order valence-corrected chi connectivity index (χ2v) is 9.10. The molecule has 0 saturated carbocycles. The van der Waals surface area contributed by atoms with Crippen LogP contribution in [0.1, 0.15) is 12.5 Å². The Morgan fingerprint density at radius 3 is 2.66 bits per heavy atom. The number of nitro benzene ring substituents is 1. The number of furan rings is 1. The second-order valence-electron chi connectivity index (χ2n) is 8.69. The van der Waals surface area contributed by atoms with E-state index in [0.717, 1.165) is 17.9 Å². The van der Waals surface area contributed by atoms with Crippen molar-refractivity contribution in [1.29, 1.82) is 0 Å². The highest BCUT2D eigenvalue weighted by Crippen LogP contribution is 2.37. The molecule has 2 heterocycles. The van der Waals surface area contributed by atoms with Crippen LogP contribution in [0.5, 0.6) is 11.5 Å². The van der Waals surface area contributed by atoms with Gasteiger partial charge in [0.05, 0.1) is 46.7 Å². The normalized spacial score (nSPS) is 12.1. The lowest BCUT2D eigenvalue weighted by Gasteiger charge is -2.14.